The summed E-state index contributed by atoms with van der Waals surface area (Å²) in [4.78, 5) is 0. The van der Waals surface area contributed by atoms with Crippen molar-refractivity contribution in [3.63, 3.8) is 0 Å². The Morgan fingerprint density at radius 3 is 2.56 bits per heavy atom. The minimum Gasteiger partial charge on any atom is -0.376 e. The minimum absolute atomic E-state index is 0.186. The van der Waals surface area contributed by atoms with Crippen LogP contribution in [0.25, 0.3) is 0 Å². The Kier molecular flexibility index (Phi) is 1.99. The maximum atomic E-state index is 8.62. The molecule has 1 aliphatic rings. The average Bonchev–Trinajstić information content (AvgIpc) is 1.79. The molecule has 0 bridgehead atoms. The van der Waals surface area contributed by atoms with Gasteiger partial charge in [-0.15, -0.1) is 11.8 Å². The Balaban J connectivity index is 2.40. The van der Waals surface area contributed by atoms with E-state index in [1.54, 1.807) is 11.8 Å². The molecular formula is C6H9NOS. The second-order valence-electron chi connectivity index (χ2n) is 2.03. The van der Waals surface area contributed by atoms with Crippen molar-refractivity contribution >= 4 is 11.8 Å². The third-order valence-corrected chi connectivity index (χ3v) is 2.46. The van der Waals surface area contributed by atoms with Crippen molar-refractivity contribution in [3.8, 4) is 6.07 Å². The maximum absolute atomic E-state index is 8.62. The van der Waals surface area contributed by atoms with Crippen LogP contribution in [-0.4, -0.2) is 23.7 Å². The van der Waals surface area contributed by atoms with Gasteiger partial charge in [-0.05, 0) is 5.75 Å². The fraction of sp³-hybridized carbons (Fsp3) is 0.833. The fourth-order valence-electron chi connectivity index (χ4n) is 0.744. The molecule has 1 rings (SSSR count). The third-order valence-electron chi connectivity index (χ3n) is 1.29. The number of nitriles is 1. The molecule has 1 aliphatic heterocycles. The van der Waals surface area contributed by atoms with Crippen LogP contribution < -0.4 is 0 Å². The van der Waals surface area contributed by atoms with E-state index >= 15 is 0 Å². The molecule has 1 fully saturated rings. The SMILES string of the molecule is CCSC1(C#N)COC1. The smallest absolute Gasteiger partial charge is 0.149 e. The molecule has 50 valence electrons. The van der Waals surface area contributed by atoms with Gasteiger partial charge < -0.3 is 4.74 Å². The summed E-state index contributed by atoms with van der Waals surface area (Å²) < 4.78 is 4.75. The predicted octanol–water partition coefficient (Wildman–Crippen LogP) is 1.03. The molecule has 9 heavy (non-hydrogen) atoms. The van der Waals surface area contributed by atoms with Gasteiger partial charge in [0.2, 0.25) is 0 Å². The van der Waals surface area contributed by atoms with Gasteiger partial charge in [0.15, 0.2) is 0 Å². The molecule has 0 amide bonds. The van der Waals surface area contributed by atoms with Crippen LogP contribution >= 0.6 is 11.8 Å². The highest BCUT2D eigenvalue weighted by Crippen LogP contribution is 2.31. The standard InChI is InChI=1S/C6H9NOS/c1-2-9-6(3-7)4-8-5-6/h2,4-5H2,1H3. The van der Waals surface area contributed by atoms with E-state index in [1.165, 1.54) is 0 Å². The molecule has 0 unspecified atom stereocenters. The van der Waals surface area contributed by atoms with E-state index in [2.05, 4.69) is 13.0 Å². The number of ether oxygens (including phenoxy) is 1. The first-order valence-electron chi connectivity index (χ1n) is 2.96. The van der Waals surface area contributed by atoms with Gasteiger partial charge in [0.1, 0.15) is 4.75 Å². The highest BCUT2D eigenvalue weighted by molar-refractivity contribution is 8.01. The predicted molar refractivity (Wildman–Crippen MR) is 37.3 cm³/mol. The molecule has 0 radical (unpaired) electrons. The second-order valence-corrected chi connectivity index (χ2v) is 3.68. The zero-order valence-electron chi connectivity index (χ0n) is 5.39. The number of rotatable bonds is 2. The lowest BCUT2D eigenvalue weighted by atomic mass is 10.1. The van der Waals surface area contributed by atoms with Crippen LogP contribution in [0.3, 0.4) is 0 Å². The van der Waals surface area contributed by atoms with E-state index in [-0.39, 0.29) is 4.75 Å². The van der Waals surface area contributed by atoms with Gasteiger partial charge in [0.25, 0.3) is 0 Å². The molecule has 1 saturated heterocycles. The van der Waals surface area contributed by atoms with E-state index in [1.807, 2.05) is 0 Å². The quantitative estimate of drug-likeness (QED) is 0.579. The number of hydrogen-bond donors (Lipinski definition) is 0. The van der Waals surface area contributed by atoms with Crippen LogP contribution in [0, 0.1) is 11.3 Å². The molecule has 3 heteroatoms. The summed E-state index contributed by atoms with van der Waals surface area (Å²) in [5.74, 6) is 0.997. The molecule has 0 aromatic carbocycles. The van der Waals surface area contributed by atoms with Crippen LogP contribution in [0.5, 0.6) is 0 Å². The third kappa shape index (κ3) is 1.20. The van der Waals surface area contributed by atoms with Crippen molar-refractivity contribution in [2.45, 2.75) is 11.7 Å². The lowest BCUT2D eigenvalue weighted by molar-refractivity contribution is 0.0161. The lowest BCUT2D eigenvalue weighted by Gasteiger charge is -2.33. The van der Waals surface area contributed by atoms with Gasteiger partial charge in [-0.25, -0.2) is 0 Å². The normalized spacial score (nSPS) is 22.2. The molecule has 0 aromatic heterocycles. The lowest BCUT2D eigenvalue weighted by Crippen LogP contribution is -2.45. The molecular weight excluding hydrogens is 134 g/mol. The van der Waals surface area contributed by atoms with Gasteiger partial charge in [0.05, 0.1) is 19.3 Å². The van der Waals surface area contributed by atoms with E-state index in [0.29, 0.717) is 13.2 Å². The molecule has 2 nitrogen and oxygen atoms in total. The van der Waals surface area contributed by atoms with Crippen molar-refractivity contribution in [2.24, 2.45) is 0 Å². The molecule has 0 aliphatic carbocycles. The Labute approximate surface area is 59.2 Å². The van der Waals surface area contributed by atoms with Crippen molar-refractivity contribution in [2.75, 3.05) is 19.0 Å². The summed E-state index contributed by atoms with van der Waals surface area (Å²) in [5, 5.41) is 8.62. The summed E-state index contributed by atoms with van der Waals surface area (Å²) in [5.41, 5.74) is 0. The fourth-order valence-corrected chi connectivity index (χ4v) is 1.69. The van der Waals surface area contributed by atoms with E-state index in [9.17, 15) is 0 Å². The second kappa shape index (κ2) is 2.59. The van der Waals surface area contributed by atoms with Crippen LogP contribution in [0.4, 0.5) is 0 Å². The number of nitrogens with zero attached hydrogens (tertiary/aromatic N) is 1. The Morgan fingerprint density at radius 2 is 2.44 bits per heavy atom. The van der Waals surface area contributed by atoms with Crippen molar-refractivity contribution in [3.05, 3.63) is 0 Å². The first-order valence-corrected chi connectivity index (χ1v) is 3.94. The summed E-state index contributed by atoms with van der Waals surface area (Å²) in [6.07, 6.45) is 0. The molecule has 0 N–H and O–H groups in total. The van der Waals surface area contributed by atoms with Crippen molar-refractivity contribution in [1.29, 1.82) is 5.26 Å². The summed E-state index contributed by atoms with van der Waals surface area (Å²) in [6.45, 7) is 3.28. The average molecular weight is 143 g/mol. The number of hydrogen-bond acceptors (Lipinski definition) is 3. The Hall–Kier alpha value is -0.200. The van der Waals surface area contributed by atoms with Crippen LogP contribution in [0.2, 0.25) is 0 Å². The number of thioether (sulfide) groups is 1. The summed E-state index contributed by atoms with van der Waals surface area (Å²) >= 11 is 1.68. The first kappa shape index (κ1) is 6.91. The van der Waals surface area contributed by atoms with Crippen molar-refractivity contribution < 1.29 is 4.74 Å². The monoisotopic (exact) mass is 143 g/mol. The Bertz CT molecular complexity index is 136. The zero-order valence-corrected chi connectivity index (χ0v) is 6.20. The minimum atomic E-state index is -0.186. The molecule has 0 atom stereocenters. The van der Waals surface area contributed by atoms with E-state index in [0.717, 1.165) is 5.75 Å². The summed E-state index contributed by atoms with van der Waals surface area (Å²) in [6, 6.07) is 2.25. The van der Waals surface area contributed by atoms with E-state index < -0.39 is 0 Å². The van der Waals surface area contributed by atoms with Crippen LogP contribution in [0.15, 0.2) is 0 Å². The molecule has 0 aromatic rings. The molecule has 0 saturated carbocycles. The van der Waals surface area contributed by atoms with Gasteiger partial charge in [0, 0.05) is 0 Å². The Morgan fingerprint density at radius 1 is 1.78 bits per heavy atom. The topological polar surface area (TPSA) is 33.0 Å². The highest BCUT2D eigenvalue weighted by atomic mass is 32.2. The van der Waals surface area contributed by atoms with Crippen molar-refractivity contribution in [1.82, 2.24) is 0 Å². The van der Waals surface area contributed by atoms with Gasteiger partial charge in [-0.3, -0.25) is 0 Å². The first-order chi connectivity index (χ1) is 4.33. The van der Waals surface area contributed by atoms with Crippen LogP contribution in [-0.2, 0) is 4.74 Å². The maximum Gasteiger partial charge on any atom is 0.149 e. The molecule has 1 heterocycles. The zero-order chi connectivity index (χ0) is 6.74. The van der Waals surface area contributed by atoms with Gasteiger partial charge >= 0.3 is 0 Å². The summed E-state index contributed by atoms with van der Waals surface area (Å²) in [7, 11) is 0. The molecule has 0 spiro atoms. The van der Waals surface area contributed by atoms with Crippen LogP contribution in [0.1, 0.15) is 6.92 Å². The van der Waals surface area contributed by atoms with Gasteiger partial charge in [-0.2, -0.15) is 5.26 Å². The highest BCUT2D eigenvalue weighted by Gasteiger charge is 2.38. The largest absolute Gasteiger partial charge is 0.376 e. The van der Waals surface area contributed by atoms with E-state index in [4.69, 9.17) is 10.00 Å². The van der Waals surface area contributed by atoms with Gasteiger partial charge in [-0.1, -0.05) is 6.92 Å².